The Morgan fingerprint density at radius 1 is 1.00 bits per heavy atom. The van der Waals surface area contributed by atoms with Crippen molar-refractivity contribution in [1.82, 2.24) is 14.7 Å². The van der Waals surface area contributed by atoms with Gasteiger partial charge in [0.2, 0.25) is 5.91 Å². The minimum atomic E-state index is -4.53. The van der Waals surface area contributed by atoms with E-state index in [2.05, 4.69) is 5.10 Å². The summed E-state index contributed by atoms with van der Waals surface area (Å²) in [6.07, 6.45) is -3.34. The van der Waals surface area contributed by atoms with Crippen LogP contribution in [0, 0.1) is 0 Å². The molecule has 0 bridgehead atoms. The van der Waals surface area contributed by atoms with Gasteiger partial charge in [-0.1, -0.05) is 30.3 Å². The first-order valence-electron chi connectivity index (χ1n) is 8.59. The molecule has 1 aromatic heterocycles. The van der Waals surface area contributed by atoms with Crippen LogP contribution in [0.1, 0.15) is 21.6 Å². The number of alkyl halides is 3. The van der Waals surface area contributed by atoms with E-state index in [1.165, 1.54) is 35.4 Å². The summed E-state index contributed by atoms with van der Waals surface area (Å²) >= 11 is 0. The largest absolute Gasteiger partial charge is 0.435 e. The highest BCUT2D eigenvalue weighted by Crippen LogP contribution is 2.28. The normalized spacial score (nSPS) is 11.3. The van der Waals surface area contributed by atoms with Crippen molar-refractivity contribution in [2.45, 2.75) is 12.7 Å². The molecule has 0 fully saturated rings. The Bertz CT molecular complexity index is 999. The number of nitrogens with two attached hydrogens (primary N) is 1. The number of benzene rings is 2. The lowest BCUT2D eigenvalue weighted by Gasteiger charge is -2.21. The molecule has 2 aromatic carbocycles. The molecule has 0 saturated heterocycles. The number of primary amides is 1. The third kappa shape index (κ3) is 5.01. The highest BCUT2D eigenvalue weighted by molar-refractivity contribution is 5.96. The molecule has 2 N–H and O–H groups in total. The van der Waals surface area contributed by atoms with Gasteiger partial charge in [0.1, 0.15) is 0 Å². The van der Waals surface area contributed by atoms with Crippen molar-refractivity contribution in [2.75, 3.05) is 6.54 Å². The van der Waals surface area contributed by atoms with Crippen molar-refractivity contribution in [3.05, 3.63) is 83.7 Å². The first-order chi connectivity index (χ1) is 13.7. The maximum Gasteiger partial charge on any atom is 0.435 e. The van der Waals surface area contributed by atoms with E-state index in [9.17, 15) is 22.8 Å². The molecule has 29 heavy (non-hydrogen) atoms. The molecule has 3 rings (SSSR count). The fourth-order valence-corrected chi connectivity index (χ4v) is 2.75. The Balaban J connectivity index is 1.80. The number of carbonyl (C=O) groups is 2. The minimum Gasteiger partial charge on any atom is -0.368 e. The van der Waals surface area contributed by atoms with Gasteiger partial charge in [-0.3, -0.25) is 9.59 Å². The van der Waals surface area contributed by atoms with Crippen molar-refractivity contribution in [3.63, 3.8) is 0 Å². The zero-order valence-electron chi connectivity index (χ0n) is 15.1. The van der Waals surface area contributed by atoms with Gasteiger partial charge in [0.05, 0.1) is 12.2 Å². The molecule has 9 heteroatoms. The average molecular weight is 402 g/mol. The third-order valence-corrected chi connectivity index (χ3v) is 4.11. The second kappa shape index (κ2) is 8.17. The second-order valence-electron chi connectivity index (χ2n) is 6.30. The molecule has 2 amide bonds. The zero-order chi connectivity index (χ0) is 21.0. The van der Waals surface area contributed by atoms with Crippen LogP contribution in [0.25, 0.3) is 5.69 Å². The van der Waals surface area contributed by atoms with Gasteiger partial charge in [-0.05, 0) is 35.9 Å². The fraction of sp³-hybridized carbons (Fsp3) is 0.150. The summed E-state index contributed by atoms with van der Waals surface area (Å²) < 4.78 is 39.2. The van der Waals surface area contributed by atoms with Crippen LogP contribution in [0.4, 0.5) is 13.2 Å². The van der Waals surface area contributed by atoms with E-state index < -0.39 is 23.7 Å². The molecule has 0 aliphatic rings. The summed E-state index contributed by atoms with van der Waals surface area (Å²) in [6.45, 7) is -0.0674. The number of carbonyl (C=O) groups excluding carboxylic acids is 2. The van der Waals surface area contributed by atoms with Crippen LogP contribution in [0.3, 0.4) is 0 Å². The highest BCUT2D eigenvalue weighted by Gasteiger charge is 2.33. The van der Waals surface area contributed by atoms with E-state index in [-0.39, 0.29) is 18.7 Å². The summed E-state index contributed by atoms with van der Waals surface area (Å²) in [5.74, 6) is -1.07. The van der Waals surface area contributed by atoms with Crippen molar-refractivity contribution < 1.29 is 22.8 Å². The molecule has 6 nitrogen and oxygen atoms in total. The molecule has 0 aliphatic carbocycles. The molecule has 0 spiro atoms. The van der Waals surface area contributed by atoms with E-state index >= 15 is 0 Å². The highest BCUT2D eigenvalue weighted by atomic mass is 19.4. The number of hydrogen-bond acceptors (Lipinski definition) is 3. The number of aromatic nitrogens is 2. The van der Waals surface area contributed by atoms with Crippen molar-refractivity contribution in [1.29, 1.82) is 0 Å². The van der Waals surface area contributed by atoms with Crippen LogP contribution in [-0.2, 0) is 17.5 Å². The minimum absolute atomic E-state index is 0.193. The summed E-state index contributed by atoms with van der Waals surface area (Å²) in [5.41, 5.74) is 5.72. The monoisotopic (exact) mass is 402 g/mol. The van der Waals surface area contributed by atoms with Crippen LogP contribution in [0.2, 0.25) is 0 Å². The lowest BCUT2D eigenvalue weighted by Crippen LogP contribution is -2.38. The maximum absolute atomic E-state index is 12.8. The first-order valence-corrected chi connectivity index (χ1v) is 8.59. The van der Waals surface area contributed by atoms with Gasteiger partial charge in [-0.2, -0.15) is 18.3 Å². The van der Waals surface area contributed by atoms with Gasteiger partial charge >= 0.3 is 6.18 Å². The average Bonchev–Trinajstić information content (AvgIpc) is 3.18. The Hall–Kier alpha value is -3.62. The molecule has 0 atom stereocenters. The van der Waals surface area contributed by atoms with Gasteiger partial charge in [0, 0.05) is 18.3 Å². The number of amides is 2. The summed E-state index contributed by atoms with van der Waals surface area (Å²) in [7, 11) is 0. The quantitative estimate of drug-likeness (QED) is 0.688. The van der Waals surface area contributed by atoms with E-state index in [1.807, 2.05) is 30.3 Å². The zero-order valence-corrected chi connectivity index (χ0v) is 15.1. The summed E-state index contributed by atoms with van der Waals surface area (Å²) in [6, 6.07) is 15.9. The van der Waals surface area contributed by atoms with Gasteiger partial charge in [0.25, 0.3) is 5.91 Å². The van der Waals surface area contributed by atoms with Crippen LogP contribution in [0.5, 0.6) is 0 Å². The molecule has 150 valence electrons. The van der Waals surface area contributed by atoms with Crippen molar-refractivity contribution in [2.24, 2.45) is 5.73 Å². The number of rotatable bonds is 6. The standard InChI is InChI=1S/C20H17F3N4O2/c21-20(22,23)17-10-11-27(25-17)16-8-6-15(7-9-16)19(29)26(13-18(24)28)12-14-4-2-1-3-5-14/h1-11H,12-13H2,(H2,24,28). The van der Waals surface area contributed by atoms with Crippen LogP contribution in [-0.4, -0.2) is 33.0 Å². The Morgan fingerprint density at radius 2 is 1.66 bits per heavy atom. The molecule has 0 saturated carbocycles. The van der Waals surface area contributed by atoms with E-state index in [4.69, 9.17) is 5.73 Å². The van der Waals surface area contributed by atoms with Gasteiger partial charge in [-0.15, -0.1) is 0 Å². The van der Waals surface area contributed by atoms with E-state index in [0.717, 1.165) is 16.3 Å². The Kier molecular flexibility index (Phi) is 5.67. The van der Waals surface area contributed by atoms with Crippen LogP contribution < -0.4 is 5.73 Å². The summed E-state index contributed by atoms with van der Waals surface area (Å²) in [4.78, 5) is 25.5. The molecule has 1 heterocycles. The molecular weight excluding hydrogens is 385 g/mol. The van der Waals surface area contributed by atoms with Crippen molar-refractivity contribution in [3.8, 4) is 5.69 Å². The Morgan fingerprint density at radius 3 is 2.21 bits per heavy atom. The number of halogens is 3. The molecule has 3 aromatic rings. The molecule has 0 radical (unpaired) electrons. The second-order valence-corrected chi connectivity index (χ2v) is 6.30. The number of hydrogen-bond donors (Lipinski definition) is 1. The smallest absolute Gasteiger partial charge is 0.368 e. The van der Waals surface area contributed by atoms with Crippen LogP contribution >= 0.6 is 0 Å². The number of nitrogens with zero attached hydrogens (tertiary/aromatic N) is 3. The van der Waals surface area contributed by atoms with Gasteiger partial charge < -0.3 is 10.6 Å². The molecule has 0 aliphatic heterocycles. The fourth-order valence-electron chi connectivity index (χ4n) is 2.75. The SMILES string of the molecule is NC(=O)CN(Cc1ccccc1)C(=O)c1ccc(-n2ccc(C(F)(F)F)n2)cc1. The first kappa shape index (κ1) is 20.1. The molecular formula is C20H17F3N4O2. The lowest BCUT2D eigenvalue weighted by molar-refractivity contribution is -0.141. The van der Waals surface area contributed by atoms with Gasteiger partial charge in [-0.25, -0.2) is 4.68 Å². The van der Waals surface area contributed by atoms with Crippen LogP contribution in [0.15, 0.2) is 66.9 Å². The maximum atomic E-state index is 12.8. The predicted molar refractivity (Wildman–Crippen MR) is 98.9 cm³/mol. The lowest BCUT2D eigenvalue weighted by atomic mass is 10.1. The van der Waals surface area contributed by atoms with Crippen molar-refractivity contribution >= 4 is 11.8 Å². The predicted octanol–water partition coefficient (Wildman–Crippen LogP) is 3.02. The van der Waals surface area contributed by atoms with E-state index in [0.29, 0.717) is 5.69 Å². The van der Waals surface area contributed by atoms with Gasteiger partial charge in [0.15, 0.2) is 5.69 Å². The topological polar surface area (TPSA) is 81.2 Å². The van der Waals surface area contributed by atoms with E-state index in [1.54, 1.807) is 0 Å². The summed E-state index contributed by atoms with van der Waals surface area (Å²) in [5, 5.41) is 3.49. The third-order valence-electron chi connectivity index (χ3n) is 4.11. The molecule has 0 unspecified atom stereocenters. The Labute approximate surface area is 164 Å².